The quantitative estimate of drug-likeness (QED) is 0.610. The molecular formula is C20H22S. The lowest BCUT2D eigenvalue weighted by atomic mass is 10.1. The highest BCUT2D eigenvalue weighted by atomic mass is 32.2. The fourth-order valence-electron chi connectivity index (χ4n) is 1.93. The fraction of sp³-hybridized carbons (Fsp3) is 0.200. The summed E-state index contributed by atoms with van der Waals surface area (Å²) in [5.74, 6) is 2.10. The maximum Gasteiger partial charge on any atom is 0.0119 e. The van der Waals surface area contributed by atoms with Crippen LogP contribution in [0.2, 0.25) is 0 Å². The number of hydrogen-bond acceptors (Lipinski definition) is 1. The van der Waals surface area contributed by atoms with Crippen LogP contribution in [0, 0.1) is 13.8 Å². The van der Waals surface area contributed by atoms with Crippen molar-refractivity contribution in [3.63, 3.8) is 0 Å². The van der Waals surface area contributed by atoms with Crippen LogP contribution in [0.1, 0.15) is 22.3 Å². The zero-order chi connectivity index (χ0) is 14.9. The Hall–Kier alpha value is -1.73. The van der Waals surface area contributed by atoms with Crippen molar-refractivity contribution < 1.29 is 0 Å². The van der Waals surface area contributed by atoms with Gasteiger partial charge < -0.3 is 0 Å². The SMILES string of the molecule is Cc1ccc(C=CCSCC=Cc2ccc(C)cc2)cc1. The van der Waals surface area contributed by atoms with Crippen LogP contribution in [0.5, 0.6) is 0 Å². The number of thioether (sulfide) groups is 1. The van der Waals surface area contributed by atoms with Gasteiger partial charge in [0.15, 0.2) is 0 Å². The molecule has 0 aliphatic rings. The molecule has 0 fully saturated rings. The number of aryl methyl sites for hydroxylation is 2. The molecule has 1 heteroatoms. The molecule has 0 amide bonds. The maximum atomic E-state index is 2.23. The molecular weight excluding hydrogens is 272 g/mol. The van der Waals surface area contributed by atoms with E-state index in [2.05, 4.69) is 86.7 Å². The molecule has 0 spiro atoms. The van der Waals surface area contributed by atoms with Gasteiger partial charge in [-0.15, -0.1) is 0 Å². The molecule has 0 aromatic heterocycles. The van der Waals surface area contributed by atoms with Crippen molar-refractivity contribution in [3.05, 3.63) is 82.9 Å². The lowest BCUT2D eigenvalue weighted by Crippen LogP contribution is -1.77. The Labute approximate surface area is 132 Å². The van der Waals surface area contributed by atoms with Crippen molar-refractivity contribution in [2.45, 2.75) is 13.8 Å². The van der Waals surface area contributed by atoms with Gasteiger partial charge >= 0.3 is 0 Å². The average Bonchev–Trinajstić information content (AvgIpc) is 2.50. The van der Waals surface area contributed by atoms with E-state index in [1.807, 2.05) is 11.8 Å². The largest absolute Gasteiger partial charge is 0.154 e. The highest BCUT2D eigenvalue weighted by Gasteiger charge is 1.88. The van der Waals surface area contributed by atoms with Crippen molar-refractivity contribution in [1.82, 2.24) is 0 Å². The second kappa shape index (κ2) is 8.53. The molecule has 0 N–H and O–H groups in total. The summed E-state index contributed by atoms with van der Waals surface area (Å²) in [6, 6.07) is 17.2. The highest BCUT2D eigenvalue weighted by molar-refractivity contribution is 7.99. The first-order valence-electron chi connectivity index (χ1n) is 7.28. The molecule has 0 aliphatic carbocycles. The van der Waals surface area contributed by atoms with Gasteiger partial charge in [-0.1, -0.05) is 84.0 Å². The minimum absolute atomic E-state index is 1.05. The number of rotatable bonds is 6. The first kappa shape index (κ1) is 15.7. The van der Waals surface area contributed by atoms with E-state index in [-0.39, 0.29) is 0 Å². The Bertz CT molecular complexity index is 533. The van der Waals surface area contributed by atoms with Crippen molar-refractivity contribution in [3.8, 4) is 0 Å². The molecule has 0 heterocycles. The third-order valence-electron chi connectivity index (χ3n) is 3.20. The summed E-state index contributed by atoms with van der Waals surface area (Å²) in [5.41, 5.74) is 5.17. The second-order valence-electron chi connectivity index (χ2n) is 5.16. The lowest BCUT2D eigenvalue weighted by Gasteiger charge is -1.96. The Balaban J connectivity index is 1.67. The summed E-state index contributed by atoms with van der Waals surface area (Å²) in [6.07, 6.45) is 8.84. The van der Waals surface area contributed by atoms with Gasteiger partial charge in [0.1, 0.15) is 0 Å². The van der Waals surface area contributed by atoms with Gasteiger partial charge in [-0.2, -0.15) is 11.8 Å². The predicted molar refractivity (Wildman–Crippen MR) is 97.8 cm³/mol. The Morgan fingerprint density at radius 1 is 0.667 bits per heavy atom. The molecule has 0 nitrogen and oxygen atoms in total. The molecule has 0 aliphatic heterocycles. The summed E-state index contributed by atoms with van der Waals surface area (Å²) in [7, 11) is 0. The average molecular weight is 294 g/mol. The van der Waals surface area contributed by atoms with Crippen molar-refractivity contribution in [2.24, 2.45) is 0 Å². The molecule has 0 bridgehead atoms. The normalized spacial score (nSPS) is 11.5. The van der Waals surface area contributed by atoms with Gasteiger partial charge in [0.05, 0.1) is 0 Å². The van der Waals surface area contributed by atoms with Gasteiger partial charge in [-0.05, 0) is 25.0 Å². The summed E-state index contributed by atoms with van der Waals surface area (Å²) in [4.78, 5) is 0. The minimum Gasteiger partial charge on any atom is -0.154 e. The fourth-order valence-corrected chi connectivity index (χ4v) is 2.53. The van der Waals surface area contributed by atoms with Crippen LogP contribution in [-0.2, 0) is 0 Å². The first-order valence-corrected chi connectivity index (χ1v) is 8.44. The van der Waals surface area contributed by atoms with Gasteiger partial charge in [-0.3, -0.25) is 0 Å². The standard InChI is InChI=1S/C20H22S/c1-17-7-11-19(12-8-17)5-3-15-21-16-4-6-20-13-9-18(2)10-14-20/h3-14H,15-16H2,1-2H3. The van der Waals surface area contributed by atoms with Crippen LogP contribution in [0.25, 0.3) is 12.2 Å². The van der Waals surface area contributed by atoms with Crippen LogP contribution >= 0.6 is 11.8 Å². The lowest BCUT2D eigenvalue weighted by molar-refractivity contribution is 1.46. The second-order valence-corrected chi connectivity index (χ2v) is 6.24. The topological polar surface area (TPSA) is 0 Å². The van der Waals surface area contributed by atoms with E-state index < -0.39 is 0 Å². The van der Waals surface area contributed by atoms with Crippen LogP contribution < -0.4 is 0 Å². The zero-order valence-electron chi connectivity index (χ0n) is 12.8. The Kier molecular flexibility index (Phi) is 6.36. The van der Waals surface area contributed by atoms with Crippen LogP contribution in [0.15, 0.2) is 60.7 Å². The Morgan fingerprint density at radius 2 is 1.05 bits per heavy atom. The van der Waals surface area contributed by atoms with Crippen LogP contribution in [-0.4, -0.2) is 11.5 Å². The molecule has 0 saturated heterocycles. The molecule has 0 saturated carbocycles. The molecule has 2 rings (SSSR count). The predicted octanol–water partition coefficient (Wildman–Crippen LogP) is 5.76. The van der Waals surface area contributed by atoms with Gasteiger partial charge in [0, 0.05) is 11.5 Å². The van der Waals surface area contributed by atoms with E-state index in [1.165, 1.54) is 22.3 Å². The highest BCUT2D eigenvalue weighted by Crippen LogP contribution is 2.09. The molecule has 2 aromatic carbocycles. The third-order valence-corrected chi connectivity index (χ3v) is 4.06. The molecule has 0 radical (unpaired) electrons. The molecule has 21 heavy (non-hydrogen) atoms. The summed E-state index contributed by atoms with van der Waals surface area (Å²) >= 11 is 1.92. The third kappa shape index (κ3) is 6.05. The van der Waals surface area contributed by atoms with Gasteiger partial charge in [0.2, 0.25) is 0 Å². The summed E-state index contributed by atoms with van der Waals surface area (Å²) in [6.45, 7) is 4.23. The number of hydrogen-bond donors (Lipinski definition) is 0. The van der Waals surface area contributed by atoms with Gasteiger partial charge in [0.25, 0.3) is 0 Å². The van der Waals surface area contributed by atoms with Crippen LogP contribution in [0.4, 0.5) is 0 Å². The molecule has 2 aromatic rings. The van der Waals surface area contributed by atoms with E-state index in [0.29, 0.717) is 0 Å². The van der Waals surface area contributed by atoms with E-state index >= 15 is 0 Å². The maximum absolute atomic E-state index is 2.23. The smallest absolute Gasteiger partial charge is 0.0119 e. The first-order chi connectivity index (χ1) is 10.2. The van der Waals surface area contributed by atoms with E-state index in [1.54, 1.807) is 0 Å². The van der Waals surface area contributed by atoms with E-state index in [9.17, 15) is 0 Å². The zero-order valence-corrected chi connectivity index (χ0v) is 13.6. The Morgan fingerprint density at radius 3 is 1.43 bits per heavy atom. The van der Waals surface area contributed by atoms with Crippen molar-refractivity contribution in [2.75, 3.05) is 11.5 Å². The van der Waals surface area contributed by atoms with Gasteiger partial charge in [-0.25, -0.2) is 0 Å². The van der Waals surface area contributed by atoms with E-state index in [4.69, 9.17) is 0 Å². The summed E-state index contributed by atoms with van der Waals surface area (Å²) < 4.78 is 0. The van der Waals surface area contributed by atoms with Crippen molar-refractivity contribution >= 4 is 23.9 Å². The molecule has 108 valence electrons. The number of benzene rings is 2. The molecule has 0 unspecified atom stereocenters. The van der Waals surface area contributed by atoms with Crippen LogP contribution in [0.3, 0.4) is 0 Å². The molecule has 0 atom stereocenters. The summed E-state index contributed by atoms with van der Waals surface area (Å²) in [5, 5.41) is 0. The monoisotopic (exact) mass is 294 g/mol. The van der Waals surface area contributed by atoms with E-state index in [0.717, 1.165) is 11.5 Å². The minimum atomic E-state index is 1.05. The van der Waals surface area contributed by atoms with Crippen molar-refractivity contribution in [1.29, 1.82) is 0 Å².